The Hall–Kier alpha value is -2.30. The van der Waals surface area contributed by atoms with Crippen molar-refractivity contribution in [1.82, 2.24) is 0 Å². The lowest BCUT2D eigenvalue weighted by atomic mass is 10.1. The molecule has 0 saturated carbocycles. The molecule has 0 aliphatic carbocycles. The first kappa shape index (κ1) is 12.2. The van der Waals surface area contributed by atoms with Crippen molar-refractivity contribution < 1.29 is 23.1 Å². The van der Waals surface area contributed by atoms with Gasteiger partial charge in [0.05, 0.1) is 19.8 Å². The molecule has 0 amide bonds. The highest BCUT2D eigenvalue weighted by atomic mass is 19.1. The number of ether oxygens (including phenoxy) is 2. The molecule has 94 valence electrons. The predicted molar refractivity (Wildman–Crippen MR) is 62.0 cm³/mol. The lowest BCUT2D eigenvalue weighted by Gasteiger charge is -2.05. The van der Waals surface area contributed by atoms with Gasteiger partial charge in [0.25, 0.3) is 0 Å². The highest BCUT2D eigenvalue weighted by Gasteiger charge is 2.15. The Kier molecular flexibility index (Phi) is 3.32. The van der Waals surface area contributed by atoms with Gasteiger partial charge in [-0.2, -0.15) is 0 Å². The van der Waals surface area contributed by atoms with Crippen LogP contribution < -0.4 is 4.74 Å². The molecule has 0 aliphatic heterocycles. The minimum absolute atomic E-state index is 0.0545. The van der Waals surface area contributed by atoms with E-state index in [0.29, 0.717) is 17.1 Å². The topological polar surface area (TPSA) is 48.7 Å². The van der Waals surface area contributed by atoms with Crippen LogP contribution in [0.4, 0.5) is 4.39 Å². The van der Waals surface area contributed by atoms with Crippen LogP contribution >= 0.6 is 0 Å². The second-order valence-corrected chi connectivity index (χ2v) is 3.50. The predicted octanol–water partition coefficient (Wildman–Crippen LogP) is 2.88. The molecule has 0 radical (unpaired) electrons. The van der Waals surface area contributed by atoms with E-state index >= 15 is 0 Å². The van der Waals surface area contributed by atoms with E-state index in [1.807, 2.05) is 0 Å². The third kappa shape index (κ3) is 2.20. The number of methoxy groups -OCH3 is 2. The quantitative estimate of drug-likeness (QED) is 0.786. The van der Waals surface area contributed by atoms with Crippen LogP contribution in [0, 0.1) is 5.82 Å². The summed E-state index contributed by atoms with van der Waals surface area (Å²) in [6.07, 6.45) is 0. The first-order valence-electron chi connectivity index (χ1n) is 5.17. The normalized spacial score (nSPS) is 10.2. The number of halogens is 1. The van der Waals surface area contributed by atoms with Crippen LogP contribution in [0.15, 0.2) is 34.7 Å². The van der Waals surface area contributed by atoms with Gasteiger partial charge in [-0.3, -0.25) is 0 Å². The minimum atomic E-state index is -0.586. The SMILES string of the molecule is COC(=O)c1ccc(-c2cc(F)ccc2OC)o1. The van der Waals surface area contributed by atoms with Crippen molar-refractivity contribution in [1.29, 1.82) is 0 Å². The van der Waals surface area contributed by atoms with Gasteiger partial charge in [0.15, 0.2) is 0 Å². The van der Waals surface area contributed by atoms with Crippen molar-refractivity contribution in [3.05, 3.63) is 41.9 Å². The van der Waals surface area contributed by atoms with E-state index in [9.17, 15) is 9.18 Å². The van der Waals surface area contributed by atoms with E-state index in [2.05, 4.69) is 4.74 Å². The maximum Gasteiger partial charge on any atom is 0.373 e. The lowest BCUT2D eigenvalue weighted by Crippen LogP contribution is -1.98. The summed E-state index contributed by atoms with van der Waals surface area (Å²) >= 11 is 0. The summed E-state index contributed by atoms with van der Waals surface area (Å²) in [5, 5.41) is 0. The number of carbonyl (C=O) groups is 1. The maximum atomic E-state index is 13.2. The molecule has 1 aromatic heterocycles. The third-order valence-electron chi connectivity index (χ3n) is 2.42. The molecule has 1 heterocycles. The van der Waals surface area contributed by atoms with Crippen molar-refractivity contribution in [2.24, 2.45) is 0 Å². The number of benzene rings is 1. The van der Waals surface area contributed by atoms with Crippen molar-refractivity contribution >= 4 is 5.97 Å². The smallest absolute Gasteiger partial charge is 0.373 e. The Bertz CT molecular complexity index is 574. The Morgan fingerprint density at radius 3 is 2.67 bits per heavy atom. The zero-order chi connectivity index (χ0) is 13.1. The van der Waals surface area contributed by atoms with Crippen LogP contribution in [0.3, 0.4) is 0 Å². The van der Waals surface area contributed by atoms with E-state index in [1.165, 1.54) is 38.5 Å². The molecule has 0 unspecified atom stereocenters. The molecule has 2 rings (SSSR count). The molecule has 0 aliphatic rings. The van der Waals surface area contributed by atoms with E-state index in [1.54, 1.807) is 6.07 Å². The van der Waals surface area contributed by atoms with Gasteiger partial charge in [0, 0.05) is 0 Å². The van der Waals surface area contributed by atoms with Gasteiger partial charge in [-0.15, -0.1) is 0 Å². The highest BCUT2D eigenvalue weighted by molar-refractivity contribution is 5.87. The number of hydrogen-bond acceptors (Lipinski definition) is 4. The fraction of sp³-hybridized carbons (Fsp3) is 0.154. The van der Waals surface area contributed by atoms with Crippen LogP contribution in [0.5, 0.6) is 5.75 Å². The Labute approximate surface area is 103 Å². The fourth-order valence-electron chi connectivity index (χ4n) is 1.57. The molecule has 0 saturated heterocycles. The van der Waals surface area contributed by atoms with Gasteiger partial charge in [-0.25, -0.2) is 9.18 Å². The zero-order valence-corrected chi connectivity index (χ0v) is 9.90. The van der Waals surface area contributed by atoms with Crippen molar-refractivity contribution in [2.45, 2.75) is 0 Å². The molecule has 0 spiro atoms. The van der Waals surface area contributed by atoms with Crippen LogP contribution in [-0.2, 0) is 4.74 Å². The second kappa shape index (κ2) is 4.91. The number of rotatable bonds is 3. The summed E-state index contributed by atoms with van der Waals surface area (Å²) in [4.78, 5) is 11.3. The van der Waals surface area contributed by atoms with Crippen LogP contribution in [0.25, 0.3) is 11.3 Å². The summed E-state index contributed by atoms with van der Waals surface area (Å²) in [6.45, 7) is 0. The van der Waals surface area contributed by atoms with Crippen molar-refractivity contribution in [2.75, 3.05) is 14.2 Å². The van der Waals surface area contributed by atoms with Crippen molar-refractivity contribution in [3.8, 4) is 17.1 Å². The molecular weight excluding hydrogens is 239 g/mol. The number of esters is 1. The molecule has 4 nitrogen and oxygen atoms in total. The zero-order valence-electron chi connectivity index (χ0n) is 9.90. The molecule has 0 atom stereocenters. The summed E-state index contributed by atoms with van der Waals surface area (Å²) in [5.41, 5.74) is 0.438. The van der Waals surface area contributed by atoms with E-state index in [-0.39, 0.29) is 5.76 Å². The largest absolute Gasteiger partial charge is 0.496 e. The second-order valence-electron chi connectivity index (χ2n) is 3.50. The van der Waals surface area contributed by atoms with Gasteiger partial charge in [-0.1, -0.05) is 0 Å². The molecular formula is C13H11FO4. The summed E-state index contributed by atoms with van der Waals surface area (Å²) in [6, 6.07) is 7.07. The number of hydrogen-bond donors (Lipinski definition) is 0. The van der Waals surface area contributed by atoms with E-state index in [0.717, 1.165) is 0 Å². The summed E-state index contributed by atoms with van der Waals surface area (Å²) < 4.78 is 28.1. The van der Waals surface area contributed by atoms with Crippen molar-refractivity contribution in [3.63, 3.8) is 0 Å². The molecule has 1 aromatic carbocycles. The van der Waals surface area contributed by atoms with E-state index < -0.39 is 11.8 Å². The highest BCUT2D eigenvalue weighted by Crippen LogP contribution is 2.31. The molecule has 5 heteroatoms. The van der Waals surface area contributed by atoms with Gasteiger partial charge in [-0.05, 0) is 30.3 Å². The van der Waals surface area contributed by atoms with Crippen LogP contribution in [-0.4, -0.2) is 20.2 Å². The Morgan fingerprint density at radius 2 is 2.00 bits per heavy atom. The van der Waals surface area contributed by atoms with Gasteiger partial charge >= 0.3 is 5.97 Å². The molecule has 0 bridgehead atoms. The fourth-order valence-corrected chi connectivity index (χ4v) is 1.57. The number of carbonyl (C=O) groups excluding carboxylic acids is 1. The molecule has 18 heavy (non-hydrogen) atoms. The standard InChI is InChI=1S/C13H11FO4/c1-16-10-4-3-8(14)7-9(10)11-5-6-12(18-11)13(15)17-2/h3-7H,1-2H3. The van der Waals surface area contributed by atoms with E-state index in [4.69, 9.17) is 9.15 Å². The van der Waals surface area contributed by atoms with Crippen LogP contribution in [0.1, 0.15) is 10.6 Å². The molecule has 2 aromatic rings. The first-order chi connectivity index (χ1) is 8.65. The Morgan fingerprint density at radius 1 is 1.22 bits per heavy atom. The van der Waals surface area contributed by atoms with Crippen LogP contribution in [0.2, 0.25) is 0 Å². The number of furan rings is 1. The molecule has 0 N–H and O–H groups in total. The monoisotopic (exact) mass is 250 g/mol. The van der Waals surface area contributed by atoms with Gasteiger partial charge in [0.1, 0.15) is 17.3 Å². The lowest BCUT2D eigenvalue weighted by molar-refractivity contribution is 0.0566. The van der Waals surface area contributed by atoms with Gasteiger partial charge < -0.3 is 13.9 Å². The average Bonchev–Trinajstić information content (AvgIpc) is 2.87. The minimum Gasteiger partial charge on any atom is -0.496 e. The summed E-state index contributed by atoms with van der Waals surface area (Å²) in [5.74, 6) is -0.147. The first-order valence-corrected chi connectivity index (χ1v) is 5.17. The summed E-state index contributed by atoms with van der Waals surface area (Å²) in [7, 11) is 2.73. The maximum absolute atomic E-state index is 13.2. The average molecular weight is 250 g/mol. The molecule has 0 fully saturated rings. The Balaban J connectivity index is 2.45. The third-order valence-corrected chi connectivity index (χ3v) is 2.42. The van der Waals surface area contributed by atoms with Gasteiger partial charge in [0.2, 0.25) is 5.76 Å².